The predicted molar refractivity (Wildman–Crippen MR) is 135 cm³/mol. The van der Waals surface area contributed by atoms with Gasteiger partial charge >= 0.3 is 0 Å². The molecule has 0 spiro atoms. The van der Waals surface area contributed by atoms with Crippen LogP contribution in [0.5, 0.6) is 23.0 Å². The lowest BCUT2D eigenvalue weighted by Gasteiger charge is -2.27. The number of carbonyl (C=O) groups excluding carboxylic acids is 2. The second-order valence-corrected chi connectivity index (χ2v) is 8.16. The fourth-order valence-corrected chi connectivity index (χ4v) is 4.36. The molecule has 1 amide bonds. The van der Waals surface area contributed by atoms with Crippen LogP contribution in [0.2, 0.25) is 0 Å². The fraction of sp³-hybridized carbons (Fsp3) is 0.214. The molecule has 0 aliphatic carbocycles. The minimum atomic E-state index is -0.980. The van der Waals surface area contributed by atoms with Crippen molar-refractivity contribution >= 4 is 23.1 Å². The highest BCUT2D eigenvalue weighted by atomic mass is 16.5. The molecule has 1 N–H and O–H groups in total. The largest absolute Gasteiger partial charge is 0.507 e. The second kappa shape index (κ2) is 10.0. The summed E-state index contributed by atoms with van der Waals surface area (Å²) in [5.41, 5.74) is 2.19. The Morgan fingerprint density at radius 1 is 0.806 bits per heavy atom. The number of methoxy groups -OCH3 is 4. The number of carbonyl (C=O) groups is 2. The van der Waals surface area contributed by atoms with E-state index in [1.54, 1.807) is 48.5 Å². The molecule has 1 heterocycles. The molecule has 1 fully saturated rings. The Morgan fingerprint density at radius 3 is 1.94 bits per heavy atom. The highest BCUT2D eigenvalue weighted by Gasteiger charge is 2.47. The number of nitrogens with zero attached hydrogens (tertiary/aromatic N) is 1. The van der Waals surface area contributed by atoms with E-state index >= 15 is 0 Å². The average molecular weight is 490 g/mol. The maximum atomic E-state index is 13.4. The molecule has 186 valence electrons. The Morgan fingerprint density at radius 2 is 1.39 bits per heavy atom. The van der Waals surface area contributed by atoms with E-state index in [0.29, 0.717) is 39.8 Å². The van der Waals surface area contributed by atoms with Gasteiger partial charge in [0.1, 0.15) is 11.5 Å². The lowest BCUT2D eigenvalue weighted by molar-refractivity contribution is -0.132. The van der Waals surface area contributed by atoms with Crippen molar-refractivity contribution < 1.29 is 33.6 Å². The van der Waals surface area contributed by atoms with E-state index in [0.717, 1.165) is 5.56 Å². The number of aryl methyl sites for hydroxylation is 1. The van der Waals surface area contributed by atoms with Crippen LogP contribution >= 0.6 is 0 Å². The zero-order valence-electron chi connectivity index (χ0n) is 20.7. The minimum absolute atomic E-state index is 0.0839. The molecule has 36 heavy (non-hydrogen) atoms. The quantitative estimate of drug-likeness (QED) is 0.293. The van der Waals surface area contributed by atoms with Gasteiger partial charge in [-0.05, 0) is 48.9 Å². The molecule has 1 atom stereocenters. The number of Topliss-reactive ketones (excluding diaryl/α,β-unsaturated/α-hetero) is 1. The van der Waals surface area contributed by atoms with Gasteiger partial charge in [0.05, 0.1) is 45.6 Å². The van der Waals surface area contributed by atoms with Crippen molar-refractivity contribution in [3.05, 3.63) is 82.9 Å². The summed E-state index contributed by atoms with van der Waals surface area (Å²) >= 11 is 0. The molecule has 1 aliphatic rings. The summed E-state index contributed by atoms with van der Waals surface area (Å²) in [6.07, 6.45) is 0. The topological polar surface area (TPSA) is 94.5 Å². The van der Waals surface area contributed by atoms with E-state index in [1.807, 2.05) is 19.1 Å². The monoisotopic (exact) mass is 489 g/mol. The normalized spacial score (nSPS) is 16.7. The number of hydrogen-bond acceptors (Lipinski definition) is 7. The van der Waals surface area contributed by atoms with Gasteiger partial charge in [-0.2, -0.15) is 0 Å². The molecule has 8 heteroatoms. The smallest absolute Gasteiger partial charge is 0.300 e. The molecule has 3 aromatic rings. The molecule has 0 aromatic heterocycles. The van der Waals surface area contributed by atoms with E-state index in [2.05, 4.69) is 0 Å². The van der Waals surface area contributed by atoms with Crippen LogP contribution in [-0.4, -0.2) is 45.2 Å². The Balaban J connectivity index is 2.03. The summed E-state index contributed by atoms with van der Waals surface area (Å²) in [6.45, 7) is 1.93. The molecule has 1 aliphatic heterocycles. The second-order valence-electron chi connectivity index (χ2n) is 8.16. The summed E-state index contributed by atoms with van der Waals surface area (Å²) in [7, 11) is 5.91. The number of ether oxygens (including phenoxy) is 4. The van der Waals surface area contributed by atoms with Crippen LogP contribution in [0.3, 0.4) is 0 Å². The summed E-state index contributed by atoms with van der Waals surface area (Å²) < 4.78 is 21.9. The van der Waals surface area contributed by atoms with Gasteiger partial charge in [0.25, 0.3) is 11.7 Å². The van der Waals surface area contributed by atoms with Gasteiger partial charge < -0.3 is 24.1 Å². The number of ketones is 1. The predicted octanol–water partition coefficient (Wildman–Crippen LogP) is 4.66. The number of para-hydroxylation sites is 1. The lowest BCUT2D eigenvalue weighted by atomic mass is 9.94. The van der Waals surface area contributed by atoms with Gasteiger partial charge in [-0.15, -0.1) is 0 Å². The van der Waals surface area contributed by atoms with Crippen LogP contribution in [-0.2, 0) is 9.59 Å². The number of amides is 1. The van der Waals surface area contributed by atoms with Gasteiger partial charge in [0, 0.05) is 5.69 Å². The SMILES string of the molecule is COc1ccccc1/C(O)=C1\C(=O)C(=O)N(c2ccc(C)cc2)C1c1cc(OC)c(OC)c(OC)c1. The van der Waals surface area contributed by atoms with Crippen molar-refractivity contribution in [1.82, 2.24) is 0 Å². The van der Waals surface area contributed by atoms with Gasteiger partial charge in [-0.25, -0.2) is 0 Å². The van der Waals surface area contributed by atoms with Crippen LogP contribution in [0.1, 0.15) is 22.7 Å². The molecule has 1 saturated heterocycles. The number of aliphatic hydroxyl groups excluding tert-OH is 1. The fourth-order valence-electron chi connectivity index (χ4n) is 4.36. The molecular formula is C28H27NO7. The van der Waals surface area contributed by atoms with Crippen LogP contribution in [0.15, 0.2) is 66.2 Å². The minimum Gasteiger partial charge on any atom is -0.507 e. The Kier molecular flexibility index (Phi) is 6.87. The van der Waals surface area contributed by atoms with Crippen LogP contribution in [0.25, 0.3) is 5.76 Å². The van der Waals surface area contributed by atoms with E-state index in [4.69, 9.17) is 18.9 Å². The lowest BCUT2D eigenvalue weighted by Crippen LogP contribution is -2.29. The summed E-state index contributed by atoms with van der Waals surface area (Å²) in [5.74, 6) is -0.524. The van der Waals surface area contributed by atoms with E-state index in [-0.39, 0.29) is 11.3 Å². The molecular weight excluding hydrogens is 462 g/mol. The third kappa shape index (κ3) is 4.11. The first-order valence-electron chi connectivity index (χ1n) is 11.2. The molecule has 3 aromatic carbocycles. The number of aliphatic hydroxyl groups is 1. The Bertz CT molecular complexity index is 1320. The van der Waals surface area contributed by atoms with E-state index < -0.39 is 17.7 Å². The van der Waals surface area contributed by atoms with Crippen LogP contribution in [0, 0.1) is 6.92 Å². The molecule has 0 radical (unpaired) electrons. The van der Waals surface area contributed by atoms with Crippen LogP contribution in [0.4, 0.5) is 5.69 Å². The van der Waals surface area contributed by atoms with Crippen molar-refractivity contribution in [2.75, 3.05) is 33.3 Å². The third-order valence-electron chi connectivity index (χ3n) is 6.12. The van der Waals surface area contributed by atoms with Gasteiger partial charge in [-0.3, -0.25) is 14.5 Å². The van der Waals surface area contributed by atoms with E-state index in [1.165, 1.54) is 33.3 Å². The standard InChI is InChI=1S/C28H27NO7/c1-16-10-12-18(13-11-16)29-24(17-14-21(34-3)27(36-5)22(15-17)35-4)23(26(31)28(29)32)25(30)19-8-6-7-9-20(19)33-2/h6-15,24,30H,1-5H3/b25-23+. The number of benzene rings is 3. The van der Waals surface area contributed by atoms with Crippen molar-refractivity contribution in [2.45, 2.75) is 13.0 Å². The highest BCUT2D eigenvalue weighted by molar-refractivity contribution is 6.51. The summed E-state index contributed by atoms with van der Waals surface area (Å²) in [4.78, 5) is 28.2. The molecule has 8 nitrogen and oxygen atoms in total. The van der Waals surface area contributed by atoms with Gasteiger partial charge in [0.2, 0.25) is 5.75 Å². The van der Waals surface area contributed by atoms with Crippen molar-refractivity contribution in [3.63, 3.8) is 0 Å². The summed E-state index contributed by atoms with van der Waals surface area (Å²) in [6, 6.07) is 16.3. The number of hydrogen-bond donors (Lipinski definition) is 1. The van der Waals surface area contributed by atoms with Crippen molar-refractivity contribution in [1.29, 1.82) is 0 Å². The first-order chi connectivity index (χ1) is 17.4. The summed E-state index contributed by atoms with van der Waals surface area (Å²) in [5, 5.41) is 11.4. The van der Waals surface area contributed by atoms with E-state index in [9.17, 15) is 14.7 Å². The molecule has 0 bridgehead atoms. The Labute approximate surface area is 209 Å². The Hall–Kier alpha value is -4.46. The first kappa shape index (κ1) is 24.7. The van der Waals surface area contributed by atoms with Crippen LogP contribution < -0.4 is 23.8 Å². The average Bonchev–Trinajstić information content (AvgIpc) is 3.17. The molecule has 4 rings (SSSR count). The number of anilines is 1. The first-order valence-corrected chi connectivity index (χ1v) is 11.2. The third-order valence-corrected chi connectivity index (χ3v) is 6.12. The maximum Gasteiger partial charge on any atom is 0.300 e. The van der Waals surface area contributed by atoms with Crippen molar-refractivity contribution in [2.24, 2.45) is 0 Å². The zero-order chi connectivity index (χ0) is 26.0. The van der Waals surface area contributed by atoms with Crippen molar-refractivity contribution in [3.8, 4) is 23.0 Å². The number of rotatable bonds is 7. The zero-order valence-corrected chi connectivity index (χ0v) is 20.7. The maximum absolute atomic E-state index is 13.4. The highest BCUT2D eigenvalue weighted by Crippen LogP contribution is 2.47. The molecule has 0 saturated carbocycles. The van der Waals surface area contributed by atoms with Gasteiger partial charge in [0.15, 0.2) is 11.5 Å². The molecule has 1 unspecified atom stereocenters. The van der Waals surface area contributed by atoms with Gasteiger partial charge in [-0.1, -0.05) is 29.8 Å².